The van der Waals surface area contributed by atoms with Gasteiger partial charge < -0.3 is 10.6 Å². The molecule has 0 aliphatic heterocycles. The van der Waals surface area contributed by atoms with Gasteiger partial charge in [0.05, 0.1) is 0 Å². The lowest BCUT2D eigenvalue weighted by Crippen LogP contribution is -2.18. The molecule has 0 aliphatic carbocycles. The van der Waals surface area contributed by atoms with E-state index in [-0.39, 0.29) is 11.8 Å². The molecule has 0 heterocycles. The largest absolute Gasteiger partial charge is 0.355 e. The van der Waals surface area contributed by atoms with Crippen molar-refractivity contribution in [3.8, 4) is 0 Å². The molecular weight excluding hydrogens is 240 g/mol. The van der Waals surface area contributed by atoms with Crippen LogP contribution in [-0.4, -0.2) is 18.9 Å². The van der Waals surface area contributed by atoms with Crippen molar-refractivity contribution < 1.29 is 9.59 Å². The van der Waals surface area contributed by atoms with Crippen molar-refractivity contribution in [1.29, 1.82) is 0 Å². The molecule has 0 aliphatic rings. The van der Waals surface area contributed by atoms with Crippen molar-refractivity contribution in [3.63, 3.8) is 0 Å². The van der Waals surface area contributed by atoms with Gasteiger partial charge >= 0.3 is 0 Å². The molecule has 0 bridgehead atoms. The van der Waals surface area contributed by atoms with E-state index in [1.165, 1.54) is 6.42 Å². The summed E-state index contributed by atoms with van der Waals surface area (Å²) in [7, 11) is 1.58. The van der Waals surface area contributed by atoms with Crippen molar-refractivity contribution >= 4 is 17.5 Å². The third-order valence-electron chi connectivity index (χ3n) is 2.89. The van der Waals surface area contributed by atoms with Gasteiger partial charge in [0.25, 0.3) is 5.91 Å². The lowest BCUT2D eigenvalue weighted by Gasteiger charge is -2.07. The van der Waals surface area contributed by atoms with E-state index in [4.69, 9.17) is 0 Å². The summed E-state index contributed by atoms with van der Waals surface area (Å²) in [5.74, 6) is -0.149. The van der Waals surface area contributed by atoms with Crippen LogP contribution in [0.1, 0.15) is 49.4 Å². The maximum Gasteiger partial charge on any atom is 0.251 e. The Morgan fingerprint density at radius 3 is 2.63 bits per heavy atom. The minimum absolute atomic E-state index is 0.00478. The van der Waals surface area contributed by atoms with Gasteiger partial charge in [0.15, 0.2) is 0 Å². The Kier molecular flexibility index (Phi) is 6.64. The van der Waals surface area contributed by atoms with Gasteiger partial charge in [0.1, 0.15) is 0 Å². The Bertz CT molecular complexity index is 430. The first-order chi connectivity index (χ1) is 9.17. The summed E-state index contributed by atoms with van der Waals surface area (Å²) in [4.78, 5) is 23.2. The summed E-state index contributed by atoms with van der Waals surface area (Å²) in [5, 5.41) is 5.38. The molecule has 0 aromatic heterocycles. The molecule has 0 spiro atoms. The standard InChI is InChI=1S/C15H22N2O2/c1-3-4-5-6-10-14(18)17-13-9-7-8-12(11-13)15(19)16-2/h7-9,11H,3-6,10H2,1-2H3,(H,16,19)(H,17,18). The van der Waals surface area contributed by atoms with Crippen LogP contribution in [0.3, 0.4) is 0 Å². The van der Waals surface area contributed by atoms with Gasteiger partial charge in [-0.3, -0.25) is 9.59 Å². The molecule has 1 aromatic rings. The molecule has 19 heavy (non-hydrogen) atoms. The van der Waals surface area contributed by atoms with Crippen molar-refractivity contribution in [3.05, 3.63) is 29.8 Å². The normalized spacial score (nSPS) is 10.0. The molecule has 0 saturated heterocycles. The molecule has 0 fully saturated rings. The van der Waals surface area contributed by atoms with E-state index in [2.05, 4.69) is 17.6 Å². The smallest absolute Gasteiger partial charge is 0.251 e. The monoisotopic (exact) mass is 262 g/mol. The quantitative estimate of drug-likeness (QED) is 0.742. The van der Waals surface area contributed by atoms with E-state index < -0.39 is 0 Å². The fourth-order valence-electron chi connectivity index (χ4n) is 1.82. The number of anilines is 1. The fraction of sp³-hybridized carbons (Fsp3) is 0.467. The van der Waals surface area contributed by atoms with E-state index in [0.717, 1.165) is 19.3 Å². The van der Waals surface area contributed by atoms with Gasteiger partial charge in [0.2, 0.25) is 5.91 Å². The molecule has 0 atom stereocenters. The van der Waals surface area contributed by atoms with Crippen LogP contribution in [0.25, 0.3) is 0 Å². The predicted octanol–water partition coefficient (Wildman–Crippen LogP) is 2.96. The SMILES string of the molecule is CCCCCCC(=O)Nc1cccc(C(=O)NC)c1. The third kappa shape index (κ3) is 5.55. The number of hydrogen-bond acceptors (Lipinski definition) is 2. The molecule has 1 aromatic carbocycles. The van der Waals surface area contributed by atoms with Crippen LogP contribution in [-0.2, 0) is 4.79 Å². The topological polar surface area (TPSA) is 58.2 Å². The summed E-state index contributed by atoms with van der Waals surface area (Å²) in [6.07, 6.45) is 4.86. The molecule has 0 saturated carbocycles. The lowest BCUT2D eigenvalue weighted by molar-refractivity contribution is -0.116. The summed E-state index contributed by atoms with van der Waals surface area (Å²) in [6.45, 7) is 2.14. The summed E-state index contributed by atoms with van der Waals surface area (Å²) >= 11 is 0. The van der Waals surface area contributed by atoms with Gasteiger partial charge in [-0.25, -0.2) is 0 Å². The second-order valence-corrected chi connectivity index (χ2v) is 4.52. The molecule has 4 nitrogen and oxygen atoms in total. The molecule has 1 rings (SSSR count). The van der Waals surface area contributed by atoms with Crippen molar-refractivity contribution in [2.75, 3.05) is 12.4 Å². The average Bonchev–Trinajstić information content (AvgIpc) is 2.43. The lowest BCUT2D eigenvalue weighted by atomic mass is 10.1. The van der Waals surface area contributed by atoms with Gasteiger partial charge in [-0.05, 0) is 24.6 Å². The molecule has 104 valence electrons. The molecule has 4 heteroatoms. The minimum Gasteiger partial charge on any atom is -0.355 e. The Hall–Kier alpha value is -1.84. The second-order valence-electron chi connectivity index (χ2n) is 4.52. The molecule has 2 N–H and O–H groups in total. The first kappa shape index (κ1) is 15.2. The van der Waals surface area contributed by atoms with Crippen LogP contribution in [0.5, 0.6) is 0 Å². The van der Waals surface area contributed by atoms with Gasteiger partial charge in [-0.2, -0.15) is 0 Å². The Balaban J connectivity index is 2.48. The number of nitrogens with one attached hydrogen (secondary N) is 2. The molecule has 0 unspecified atom stereocenters. The number of carbonyl (C=O) groups is 2. The highest BCUT2D eigenvalue weighted by atomic mass is 16.2. The number of unbranched alkanes of at least 4 members (excludes halogenated alkanes) is 3. The number of carbonyl (C=O) groups excluding carboxylic acids is 2. The number of amides is 2. The van der Waals surface area contributed by atoms with E-state index in [1.807, 2.05) is 0 Å². The van der Waals surface area contributed by atoms with Gasteiger partial charge in [0, 0.05) is 24.7 Å². The van der Waals surface area contributed by atoms with Crippen LogP contribution >= 0.6 is 0 Å². The second kappa shape index (κ2) is 8.29. The summed E-state index contributed by atoms with van der Waals surface area (Å²) in [6, 6.07) is 6.95. The third-order valence-corrected chi connectivity index (χ3v) is 2.89. The van der Waals surface area contributed by atoms with Crippen molar-refractivity contribution in [1.82, 2.24) is 5.32 Å². The molecule has 2 amide bonds. The maximum atomic E-state index is 11.7. The predicted molar refractivity (Wildman–Crippen MR) is 77.2 cm³/mol. The van der Waals surface area contributed by atoms with Crippen LogP contribution < -0.4 is 10.6 Å². The van der Waals surface area contributed by atoms with E-state index in [1.54, 1.807) is 31.3 Å². The van der Waals surface area contributed by atoms with Crippen LogP contribution in [0.2, 0.25) is 0 Å². The Morgan fingerprint density at radius 1 is 1.16 bits per heavy atom. The average molecular weight is 262 g/mol. The molecule has 0 radical (unpaired) electrons. The highest BCUT2D eigenvalue weighted by Gasteiger charge is 2.06. The van der Waals surface area contributed by atoms with Crippen LogP contribution in [0.4, 0.5) is 5.69 Å². The number of rotatable bonds is 7. The summed E-state index contributed by atoms with van der Waals surface area (Å²) in [5.41, 5.74) is 1.22. The highest BCUT2D eigenvalue weighted by Crippen LogP contribution is 2.12. The maximum absolute atomic E-state index is 11.7. The highest BCUT2D eigenvalue weighted by molar-refractivity contribution is 5.97. The van der Waals surface area contributed by atoms with E-state index >= 15 is 0 Å². The van der Waals surface area contributed by atoms with Crippen molar-refractivity contribution in [2.45, 2.75) is 39.0 Å². The zero-order valence-corrected chi connectivity index (χ0v) is 11.7. The zero-order valence-electron chi connectivity index (χ0n) is 11.7. The molecular formula is C15H22N2O2. The zero-order chi connectivity index (χ0) is 14.1. The fourth-order valence-corrected chi connectivity index (χ4v) is 1.82. The minimum atomic E-state index is -0.154. The van der Waals surface area contributed by atoms with Gasteiger partial charge in [-0.1, -0.05) is 32.3 Å². The first-order valence-electron chi connectivity index (χ1n) is 6.79. The Labute approximate surface area is 114 Å². The van der Waals surface area contributed by atoms with Gasteiger partial charge in [-0.15, -0.1) is 0 Å². The number of hydrogen-bond donors (Lipinski definition) is 2. The van der Waals surface area contributed by atoms with Crippen LogP contribution in [0.15, 0.2) is 24.3 Å². The Morgan fingerprint density at radius 2 is 1.95 bits per heavy atom. The van der Waals surface area contributed by atoms with E-state index in [9.17, 15) is 9.59 Å². The van der Waals surface area contributed by atoms with E-state index in [0.29, 0.717) is 17.7 Å². The van der Waals surface area contributed by atoms with Crippen LogP contribution in [0, 0.1) is 0 Å². The summed E-state index contributed by atoms with van der Waals surface area (Å²) < 4.78 is 0. The first-order valence-corrected chi connectivity index (χ1v) is 6.79. The number of benzene rings is 1. The van der Waals surface area contributed by atoms with Crippen molar-refractivity contribution in [2.24, 2.45) is 0 Å².